The van der Waals surface area contributed by atoms with Gasteiger partial charge in [-0.25, -0.2) is 0 Å². The van der Waals surface area contributed by atoms with Gasteiger partial charge in [-0.2, -0.15) is 0 Å². The molecule has 0 radical (unpaired) electrons. The van der Waals surface area contributed by atoms with E-state index in [4.69, 9.17) is 5.73 Å². The minimum atomic E-state index is 0.227. The van der Waals surface area contributed by atoms with Gasteiger partial charge in [0.1, 0.15) is 0 Å². The fourth-order valence-corrected chi connectivity index (χ4v) is 2.64. The molecule has 0 aliphatic heterocycles. The summed E-state index contributed by atoms with van der Waals surface area (Å²) >= 11 is 0. The van der Waals surface area contributed by atoms with Crippen LogP contribution in [-0.2, 0) is 17.6 Å². The summed E-state index contributed by atoms with van der Waals surface area (Å²) in [4.78, 5) is 13.9. The molecule has 1 unspecified atom stereocenters. The predicted octanol–water partition coefficient (Wildman–Crippen LogP) is 1.74. The van der Waals surface area contributed by atoms with Crippen molar-refractivity contribution in [3.63, 3.8) is 0 Å². The number of carbonyl (C=O) groups is 1. The molecule has 0 saturated heterocycles. The Labute approximate surface area is 109 Å². The highest BCUT2D eigenvalue weighted by atomic mass is 16.2. The van der Waals surface area contributed by atoms with E-state index in [0.717, 1.165) is 25.7 Å². The molecule has 18 heavy (non-hydrogen) atoms. The Balaban J connectivity index is 1.98. The maximum Gasteiger partial charge on any atom is 0.222 e. The molecule has 0 saturated carbocycles. The van der Waals surface area contributed by atoms with Crippen LogP contribution < -0.4 is 5.73 Å². The minimum Gasteiger partial charge on any atom is -0.342 e. The molecule has 2 N–H and O–H groups in total. The maximum absolute atomic E-state index is 12.0. The molecule has 0 aromatic heterocycles. The number of likely N-dealkylation sites (N-methyl/N-ethyl adjacent to an activating group) is 1. The zero-order valence-corrected chi connectivity index (χ0v) is 11.1. The lowest BCUT2D eigenvalue weighted by Crippen LogP contribution is -2.40. The van der Waals surface area contributed by atoms with Crippen molar-refractivity contribution in [1.82, 2.24) is 4.90 Å². The molecule has 98 valence electrons. The highest BCUT2D eigenvalue weighted by Gasteiger charge is 2.24. The molecule has 1 aliphatic carbocycles. The Kier molecular flexibility index (Phi) is 4.37. The van der Waals surface area contributed by atoms with Gasteiger partial charge >= 0.3 is 0 Å². The first-order valence-electron chi connectivity index (χ1n) is 6.75. The van der Waals surface area contributed by atoms with Gasteiger partial charge < -0.3 is 10.6 Å². The number of amides is 1. The Morgan fingerprint density at radius 1 is 1.39 bits per heavy atom. The third kappa shape index (κ3) is 2.91. The van der Waals surface area contributed by atoms with Crippen LogP contribution in [0.15, 0.2) is 24.3 Å². The highest BCUT2D eigenvalue weighted by Crippen LogP contribution is 2.24. The van der Waals surface area contributed by atoms with E-state index in [1.807, 2.05) is 11.9 Å². The lowest BCUT2D eigenvalue weighted by molar-refractivity contribution is -0.132. The van der Waals surface area contributed by atoms with E-state index in [1.165, 1.54) is 11.1 Å². The molecule has 3 heteroatoms. The first kappa shape index (κ1) is 13.1. The molecule has 1 aromatic carbocycles. The zero-order valence-electron chi connectivity index (χ0n) is 11.1. The summed E-state index contributed by atoms with van der Waals surface area (Å²) in [6.07, 6.45) is 4.50. The van der Waals surface area contributed by atoms with E-state index in [0.29, 0.717) is 19.0 Å². The van der Waals surface area contributed by atoms with E-state index in [2.05, 4.69) is 24.3 Å². The van der Waals surface area contributed by atoms with Gasteiger partial charge in [-0.15, -0.1) is 0 Å². The van der Waals surface area contributed by atoms with Gasteiger partial charge in [-0.05, 0) is 43.4 Å². The quantitative estimate of drug-likeness (QED) is 0.879. The first-order valence-corrected chi connectivity index (χ1v) is 6.75. The van der Waals surface area contributed by atoms with Crippen molar-refractivity contribution in [3.8, 4) is 0 Å². The third-order valence-electron chi connectivity index (χ3n) is 3.86. The van der Waals surface area contributed by atoms with E-state index in [1.54, 1.807) is 0 Å². The van der Waals surface area contributed by atoms with E-state index >= 15 is 0 Å². The SMILES string of the molecule is CN(C(=O)CCCN)C1CCc2ccccc2C1. The van der Waals surface area contributed by atoms with Crippen LogP contribution in [0.3, 0.4) is 0 Å². The molecule has 1 aliphatic rings. The molecule has 0 spiro atoms. The van der Waals surface area contributed by atoms with Gasteiger partial charge in [0, 0.05) is 19.5 Å². The Hall–Kier alpha value is -1.35. The maximum atomic E-state index is 12.0. The number of benzene rings is 1. The summed E-state index contributed by atoms with van der Waals surface area (Å²) in [5, 5.41) is 0. The van der Waals surface area contributed by atoms with Gasteiger partial charge in [0.15, 0.2) is 0 Å². The topological polar surface area (TPSA) is 46.3 Å². The Bertz CT molecular complexity index is 417. The number of fused-ring (bicyclic) bond motifs is 1. The predicted molar refractivity (Wildman–Crippen MR) is 73.3 cm³/mol. The fraction of sp³-hybridized carbons (Fsp3) is 0.533. The average Bonchev–Trinajstić information content (AvgIpc) is 2.43. The number of nitrogens with zero attached hydrogens (tertiary/aromatic N) is 1. The summed E-state index contributed by atoms with van der Waals surface area (Å²) in [5.41, 5.74) is 8.28. The average molecular weight is 246 g/mol. The summed E-state index contributed by atoms with van der Waals surface area (Å²) in [5.74, 6) is 0.227. The molecular formula is C15H22N2O. The Morgan fingerprint density at radius 3 is 2.83 bits per heavy atom. The molecule has 1 atom stereocenters. The van der Waals surface area contributed by atoms with E-state index < -0.39 is 0 Å². The van der Waals surface area contributed by atoms with Crippen molar-refractivity contribution in [1.29, 1.82) is 0 Å². The van der Waals surface area contributed by atoms with Crippen molar-refractivity contribution >= 4 is 5.91 Å². The van der Waals surface area contributed by atoms with E-state index in [-0.39, 0.29) is 5.91 Å². The van der Waals surface area contributed by atoms with E-state index in [9.17, 15) is 4.79 Å². The summed E-state index contributed by atoms with van der Waals surface area (Å²) < 4.78 is 0. The largest absolute Gasteiger partial charge is 0.342 e. The smallest absolute Gasteiger partial charge is 0.222 e. The monoisotopic (exact) mass is 246 g/mol. The normalized spacial score (nSPS) is 18.2. The molecule has 3 nitrogen and oxygen atoms in total. The van der Waals surface area contributed by atoms with Crippen LogP contribution in [0.5, 0.6) is 0 Å². The summed E-state index contributed by atoms with van der Waals surface area (Å²) in [7, 11) is 1.93. The first-order chi connectivity index (χ1) is 8.72. The van der Waals surface area contributed by atoms with Crippen molar-refractivity contribution in [3.05, 3.63) is 35.4 Å². The fourth-order valence-electron chi connectivity index (χ4n) is 2.64. The van der Waals surface area contributed by atoms with Crippen LogP contribution in [0.25, 0.3) is 0 Å². The second kappa shape index (κ2) is 6.01. The summed E-state index contributed by atoms with van der Waals surface area (Å²) in [6.45, 7) is 0.590. The molecule has 0 bridgehead atoms. The minimum absolute atomic E-state index is 0.227. The zero-order chi connectivity index (χ0) is 13.0. The number of rotatable bonds is 4. The molecule has 1 aromatic rings. The molecule has 0 fully saturated rings. The van der Waals surface area contributed by atoms with Crippen LogP contribution in [0.2, 0.25) is 0 Å². The van der Waals surface area contributed by atoms with Gasteiger partial charge in [-0.1, -0.05) is 24.3 Å². The van der Waals surface area contributed by atoms with Gasteiger partial charge in [-0.3, -0.25) is 4.79 Å². The second-order valence-electron chi connectivity index (χ2n) is 5.06. The standard InChI is InChI=1S/C15H22N2O/c1-17(15(18)7-4-10-16)14-9-8-12-5-2-3-6-13(12)11-14/h2-3,5-6,14H,4,7-11,16H2,1H3. The van der Waals surface area contributed by atoms with Gasteiger partial charge in [0.25, 0.3) is 0 Å². The van der Waals surface area contributed by atoms with Crippen molar-refractivity contribution in [2.24, 2.45) is 5.73 Å². The summed E-state index contributed by atoms with van der Waals surface area (Å²) in [6, 6.07) is 8.90. The lowest BCUT2D eigenvalue weighted by atomic mass is 9.87. The van der Waals surface area contributed by atoms with Crippen LogP contribution in [0.1, 0.15) is 30.4 Å². The second-order valence-corrected chi connectivity index (χ2v) is 5.06. The van der Waals surface area contributed by atoms with Crippen molar-refractivity contribution < 1.29 is 4.79 Å². The molecular weight excluding hydrogens is 224 g/mol. The number of nitrogens with two attached hydrogens (primary N) is 1. The van der Waals surface area contributed by atoms with Gasteiger partial charge in [0.2, 0.25) is 5.91 Å². The van der Waals surface area contributed by atoms with Crippen LogP contribution in [0.4, 0.5) is 0 Å². The number of aryl methyl sites for hydroxylation is 1. The van der Waals surface area contributed by atoms with Crippen molar-refractivity contribution in [2.75, 3.05) is 13.6 Å². The number of hydrogen-bond acceptors (Lipinski definition) is 2. The van der Waals surface area contributed by atoms with Gasteiger partial charge in [0.05, 0.1) is 0 Å². The van der Waals surface area contributed by atoms with Crippen LogP contribution >= 0.6 is 0 Å². The lowest BCUT2D eigenvalue weighted by Gasteiger charge is -2.32. The highest BCUT2D eigenvalue weighted by molar-refractivity contribution is 5.76. The van der Waals surface area contributed by atoms with Crippen molar-refractivity contribution in [2.45, 2.75) is 38.1 Å². The van der Waals surface area contributed by atoms with Crippen LogP contribution in [-0.4, -0.2) is 30.4 Å². The molecule has 0 heterocycles. The van der Waals surface area contributed by atoms with Crippen LogP contribution in [0, 0.1) is 0 Å². The number of hydrogen-bond donors (Lipinski definition) is 1. The Morgan fingerprint density at radius 2 is 2.11 bits per heavy atom. The molecule has 2 rings (SSSR count). The number of carbonyl (C=O) groups excluding carboxylic acids is 1. The molecule has 1 amide bonds. The third-order valence-corrected chi connectivity index (χ3v) is 3.86.